The maximum atomic E-state index is 11.8. The first kappa shape index (κ1) is 17.3. The molecule has 0 radical (unpaired) electrons. The predicted octanol–water partition coefficient (Wildman–Crippen LogP) is 3.88. The van der Waals surface area contributed by atoms with Crippen molar-refractivity contribution in [1.82, 2.24) is 0 Å². The molecule has 2 aromatic carbocycles. The molecule has 0 aromatic heterocycles. The van der Waals surface area contributed by atoms with E-state index < -0.39 is 10.0 Å². The molecule has 5 heteroatoms. The van der Waals surface area contributed by atoms with Crippen molar-refractivity contribution in [2.75, 3.05) is 22.3 Å². The lowest BCUT2D eigenvalue weighted by Gasteiger charge is -2.10. The number of unbranched alkanes of at least 4 members (excludes halogenated alkanes) is 1. The van der Waals surface area contributed by atoms with Crippen LogP contribution in [-0.4, -0.2) is 20.7 Å². The smallest absolute Gasteiger partial charge is 0.232 e. The van der Waals surface area contributed by atoms with Crippen LogP contribution >= 0.6 is 0 Å². The summed E-state index contributed by atoms with van der Waals surface area (Å²) < 4.78 is 26.3. The van der Waals surface area contributed by atoms with E-state index in [1.807, 2.05) is 37.3 Å². The molecular formula is C18H24N2O2S. The van der Waals surface area contributed by atoms with Gasteiger partial charge in [0, 0.05) is 17.9 Å². The highest BCUT2D eigenvalue weighted by Crippen LogP contribution is 2.15. The Labute approximate surface area is 139 Å². The molecule has 0 saturated heterocycles. The Bertz CT molecular complexity index is 683. The Morgan fingerprint density at radius 1 is 0.913 bits per heavy atom. The molecule has 23 heavy (non-hydrogen) atoms. The fraction of sp³-hybridized carbons (Fsp3) is 0.333. The van der Waals surface area contributed by atoms with Gasteiger partial charge in [-0.25, -0.2) is 8.42 Å². The molecule has 2 N–H and O–H groups in total. The van der Waals surface area contributed by atoms with Gasteiger partial charge in [0.15, 0.2) is 0 Å². The van der Waals surface area contributed by atoms with Gasteiger partial charge in [-0.2, -0.15) is 0 Å². The van der Waals surface area contributed by atoms with Crippen LogP contribution in [0.15, 0.2) is 54.6 Å². The summed E-state index contributed by atoms with van der Waals surface area (Å²) in [5.74, 6) is 0.167. The summed E-state index contributed by atoms with van der Waals surface area (Å²) in [4.78, 5) is 0. The first-order valence-corrected chi connectivity index (χ1v) is 9.62. The van der Waals surface area contributed by atoms with Crippen LogP contribution in [0.4, 0.5) is 11.4 Å². The van der Waals surface area contributed by atoms with Crippen LogP contribution in [0, 0.1) is 0 Å². The highest BCUT2D eigenvalue weighted by atomic mass is 32.2. The van der Waals surface area contributed by atoms with Crippen molar-refractivity contribution in [3.05, 3.63) is 60.2 Å². The van der Waals surface area contributed by atoms with Crippen molar-refractivity contribution in [3.63, 3.8) is 0 Å². The minimum Gasteiger partial charge on any atom is -0.385 e. The van der Waals surface area contributed by atoms with Gasteiger partial charge in [0.2, 0.25) is 10.0 Å². The summed E-state index contributed by atoms with van der Waals surface area (Å²) in [6.07, 6.45) is 2.49. The molecule has 0 fully saturated rings. The zero-order valence-electron chi connectivity index (χ0n) is 13.5. The molecule has 0 bridgehead atoms. The minimum atomic E-state index is -3.23. The molecule has 2 rings (SSSR count). The van der Waals surface area contributed by atoms with Crippen LogP contribution in [-0.2, 0) is 16.4 Å². The van der Waals surface area contributed by atoms with Crippen molar-refractivity contribution in [1.29, 1.82) is 0 Å². The van der Waals surface area contributed by atoms with E-state index in [4.69, 9.17) is 0 Å². The van der Waals surface area contributed by atoms with Crippen LogP contribution in [0.25, 0.3) is 0 Å². The molecule has 0 aliphatic carbocycles. The van der Waals surface area contributed by atoms with E-state index in [0.29, 0.717) is 12.1 Å². The number of anilines is 2. The summed E-state index contributed by atoms with van der Waals surface area (Å²) in [6.45, 7) is 2.82. The van der Waals surface area contributed by atoms with Gasteiger partial charge in [-0.1, -0.05) is 43.7 Å². The molecule has 0 heterocycles. The molecule has 124 valence electrons. The third kappa shape index (κ3) is 6.32. The van der Waals surface area contributed by atoms with Crippen molar-refractivity contribution in [3.8, 4) is 0 Å². The molecule has 0 aliphatic heterocycles. The third-order valence-corrected chi connectivity index (χ3v) is 4.88. The second-order valence-electron chi connectivity index (χ2n) is 5.51. The normalized spacial score (nSPS) is 11.2. The maximum Gasteiger partial charge on any atom is 0.232 e. The number of sulfonamides is 1. The maximum absolute atomic E-state index is 11.8. The second kappa shape index (κ2) is 8.58. The minimum absolute atomic E-state index is 0.167. The molecule has 0 atom stereocenters. The molecule has 0 saturated carbocycles. The number of nitrogens with one attached hydrogen (secondary N) is 2. The van der Waals surface area contributed by atoms with Gasteiger partial charge in [-0.15, -0.1) is 0 Å². The van der Waals surface area contributed by atoms with E-state index in [1.54, 1.807) is 12.1 Å². The molecule has 0 amide bonds. The van der Waals surface area contributed by atoms with Crippen LogP contribution < -0.4 is 10.0 Å². The van der Waals surface area contributed by atoms with Crippen molar-refractivity contribution in [2.45, 2.75) is 26.2 Å². The zero-order valence-corrected chi connectivity index (χ0v) is 14.3. The SMILES string of the molecule is CCCCS(=O)(=O)Nc1ccc(NCCc2ccccc2)cc1. The summed E-state index contributed by atoms with van der Waals surface area (Å²) in [5.41, 5.74) is 2.88. The largest absolute Gasteiger partial charge is 0.385 e. The van der Waals surface area contributed by atoms with E-state index in [2.05, 4.69) is 22.2 Å². The predicted molar refractivity (Wildman–Crippen MR) is 97.4 cm³/mol. The lowest BCUT2D eigenvalue weighted by atomic mass is 10.1. The molecule has 2 aromatic rings. The van der Waals surface area contributed by atoms with Gasteiger partial charge in [0.1, 0.15) is 0 Å². The van der Waals surface area contributed by atoms with Gasteiger partial charge < -0.3 is 5.32 Å². The van der Waals surface area contributed by atoms with E-state index >= 15 is 0 Å². The summed E-state index contributed by atoms with van der Waals surface area (Å²) in [6, 6.07) is 17.7. The van der Waals surface area contributed by atoms with Crippen LogP contribution in [0.3, 0.4) is 0 Å². The van der Waals surface area contributed by atoms with E-state index in [0.717, 1.165) is 25.1 Å². The summed E-state index contributed by atoms with van der Waals surface area (Å²) >= 11 is 0. The fourth-order valence-corrected chi connectivity index (χ4v) is 3.48. The van der Waals surface area contributed by atoms with Crippen LogP contribution in [0.2, 0.25) is 0 Å². The Hall–Kier alpha value is -2.01. The number of rotatable bonds is 9. The molecule has 4 nitrogen and oxygen atoms in total. The zero-order chi connectivity index (χ0) is 16.5. The highest BCUT2D eigenvalue weighted by molar-refractivity contribution is 7.92. The van der Waals surface area contributed by atoms with Crippen LogP contribution in [0.5, 0.6) is 0 Å². The van der Waals surface area contributed by atoms with Gasteiger partial charge in [-0.3, -0.25) is 4.72 Å². The standard InChI is InChI=1S/C18H24N2O2S/c1-2-3-15-23(21,22)20-18-11-9-17(10-12-18)19-14-13-16-7-5-4-6-8-16/h4-12,19-20H,2-3,13-15H2,1H3. The van der Waals surface area contributed by atoms with Crippen molar-refractivity contribution < 1.29 is 8.42 Å². The first-order chi connectivity index (χ1) is 11.1. The Morgan fingerprint density at radius 2 is 1.57 bits per heavy atom. The number of hydrogen-bond donors (Lipinski definition) is 2. The van der Waals surface area contributed by atoms with E-state index in [-0.39, 0.29) is 5.75 Å². The van der Waals surface area contributed by atoms with Crippen molar-refractivity contribution >= 4 is 21.4 Å². The topological polar surface area (TPSA) is 58.2 Å². The Kier molecular flexibility index (Phi) is 6.47. The first-order valence-electron chi connectivity index (χ1n) is 7.97. The summed E-state index contributed by atoms with van der Waals surface area (Å²) in [7, 11) is -3.23. The number of benzene rings is 2. The lowest BCUT2D eigenvalue weighted by molar-refractivity contribution is 0.598. The average Bonchev–Trinajstić information content (AvgIpc) is 2.55. The van der Waals surface area contributed by atoms with Crippen LogP contribution in [0.1, 0.15) is 25.3 Å². The summed E-state index contributed by atoms with van der Waals surface area (Å²) in [5, 5.41) is 3.34. The van der Waals surface area contributed by atoms with Gasteiger partial charge in [0.05, 0.1) is 5.75 Å². The fourth-order valence-electron chi connectivity index (χ4n) is 2.22. The van der Waals surface area contributed by atoms with Gasteiger partial charge in [0.25, 0.3) is 0 Å². The average molecular weight is 332 g/mol. The van der Waals surface area contributed by atoms with Gasteiger partial charge >= 0.3 is 0 Å². The van der Waals surface area contributed by atoms with Gasteiger partial charge in [-0.05, 0) is 42.7 Å². The highest BCUT2D eigenvalue weighted by Gasteiger charge is 2.09. The Balaban J connectivity index is 1.82. The number of hydrogen-bond acceptors (Lipinski definition) is 3. The van der Waals surface area contributed by atoms with E-state index in [9.17, 15) is 8.42 Å². The third-order valence-electron chi connectivity index (χ3n) is 3.51. The Morgan fingerprint density at radius 3 is 2.22 bits per heavy atom. The van der Waals surface area contributed by atoms with Crippen molar-refractivity contribution in [2.24, 2.45) is 0 Å². The quantitative estimate of drug-likeness (QED) is 0.732. The molecule has 0 spiro atoms. The monoisotopic (exact) mass is 332 g/mol. The van der Waals surface area contributed by atoms with E-state index in [1.165, 1.54) is 5.56 Å². The lowest BCUT2D eigenvalue weighted by Crippen LogP contribution is -2.16. The molecule has 0 unspecified atom stereocenters. The molecule has 0 aliphatic rings. The second-order valence-corrected chi connectivity index (χ2v) is 7.36. The molecular weight excluding hydrogens is 308 g/mol.